The Labute approximate surface area is 210 Å². The molecule has 1 aromatic heterocycles. The van der Waals surface area contributed by atoms with Gasteiger partial charge in [0.25, 0.3) is 0 Å². The summed E-state index contributed by atoms with van der Waals surface area (Å²) in [6.07, 6.45) is 2.04. The van der Waals surface area contributed by atoms with Gasteiger partial charge in [0, 0.05) is 57.6 Å². The van der Waals surface area contributed by atoms with Gasteiger partial charge in [0.15, 0.2) is 0 Å². The Hall–Kier alpha value is -1.40. The molecular formula is C24H29BN3O2Y-. The molecular weight excluding hydrogens is 462 g/mol. The topological polar surface area (TPSA) is 68.6 Å². The van der Waals surface area contributed by atoms with Gasteiger partial charge < -0.3 is 10.1 Å². The minimum atomic E-state index is -0.704. The molecule has 3 N–H and O–H groups in total. The molecule has 3 aromatic rings. The first-order valence-corrected chi connectivity index (χ1v) is 10.3. The molecule has 2 aromatic carbocycles. The number of rotatable bonds is 10. The minimum Gasteiger partial charge on any atom is -0.437 e. The first-order chi connectivity index (χ1) is 14.5. The molecule has 0 aliphatic heterocycles. The van der Waals surface area contributed by atoms with Gasteiger partial charge in [-0.1, -0.05) is 37.3 Å². The van der Waals surface area contributed by atoms with Crippen LogP contribution in [-0.2, 0) is 45.7 Å². The Morgan fingerprint density at radius 1 is 1.06 bits per heavy atom. The van der Waals surface area contributed by atoms with E-state index < -0.39 is 13.2 Å². The molecule has 1 heterocycles. The molecule has 7 heteroatoms. The Kier molecular flexibility index (Phi) is 11.0. The summed E-state index contributed by atoms with van der Waals surface area (Å²) in [5.74, 6) is 0.0808. The Bertz CT molecular complexity index is 882. The van der Waals surface area contributed by atoms with E-state index in [-0.39, 0.29) is 38.6 Å². The zero-order valence-corrected chi connectivity index (χ0v) is 21.0. The largest absolute Gasteiger partial charge is 0.437 e. The van der Waals surface area contributed by atoms with Gasteiger partial charge in [0.2, 0.25) is 0 Å². The zero-order valence-electron chi connectivity index (χ0n) is 18.1. The SMILES string of the molecule is CB(O)NN(Cc1ccc(-c2ccccn2)cc1)C[C@H](O)C(C)Cc1cc[c-]cc1.[Y]. The average Bonchev–Trinajstić information content (AvgIpc) is 2.75. The average molecular weight is 491 g/mol. The Morgan fingerprint density at radius 3 is 2.39 bits per heavy atom. The van der Waals surface area contributed by atoms with Crippen molar-refractivity contribution in [2.75, 3.05) is 6.54 Å². The zero-order chi connectivity index (χ0) is 21.3. The third-order valence-electron chi connectivity index (χ3n) is 5.07. The van der Waals surface area contributed by atoms with Gasteiger partial charge in [0.05, 0.1) is 11.8 Å². The summed E-state index contributed by atoms with van der Waals surface area (Å²) in [5, 5.41) is 25.5. The maximum atomic E-state index is 10.8. The van der Waals surface area contributed by atoms with E-state index in [1.165, 1.54) is 5.56 Å². The van der Waals surface area contributed by atoms with Crippen molar-refractivity contribution in [3.63, 3.8) is 0 Å². The smallest absolute Gasteiger partial charge is 0.388 e. The third-order valence-corrected chi connectivity index (χ3v) is 5.07. The van der Waals surface area contributed by atoms with Crippen LogP contribution in [0.15, 0.2) is 72.9 Å². The molecule has 0 saturated heterocycles. The van der Waals surface area contributed by atoms with E-state index in [1.807, 2.05) is 66.5 Å². The summed E-state index contributed by atoms with van der Waals surface area (Å²) in [7, 11) is -0.704. The molecule has 0 saturated carbocycles. The number of hydrogen-bond acceptors (Lipinski definition) is 5. The predicted molar refractivity (Wildman–Crippen MR) is 121 cm³/mol. The third kappa shape index (κ3) is 8.57. The quantitative estimate of drug-likeness (QED) is 0.231. The van der Waals surface area contributed by atoms with Gasteiger partial charge in [-0.3, -0.25) is 10.3 Å². The van der Waals surface area contributed by atoms with Gasteiger partial charge >= 0.3 is 7.05 Å². The summed E-state index contributed by atoms with van der Waals surface area (Å²) in [6, 6.07) is 24.9. The molecule has 0 aliphatic rings. The number of hydrazine groups is 1. The first kappa shape index (κ1) is 25.9. The van der Waals surface area contributed by atoms with Crippen LogP contribution in [0.4, 0.5) is 0 Å². The summed E-state index contributed by atoms with van der Waals surface area (Å²) in [6.45, 7) is 4.70. The van der Waals surface area contributed by atoms with Crippen molar-refractivity contribution in [1.82, 2.24) is 15.3 Å². The van der Waals surface area contributed by atoms with Crippen LogP contribution in [0, 0.1) is 12.0 Å². The minimum absolute atomic E-state index is 0. The van der Waals surface area contributed by atoms with E-state index >= 15 is 0 Å². The summed E-state index contributed by atoms with van der Waals surface area (Å²) in [5.41, 5.74) is 4.26. The molecule has 0 aliphatic carbocycles. The van der Waals surface area contributed by atoms with E-state index in [0.717, 1.165) is 23.2 Å². The number of hydrogen-bond donors (Lipinski definition) is 3. The van der Waals surface area contributed by atoms with Gasteiger partial charge in [-0.15, -0.1) is 0 Å². The number of aliphatic hydroxyl groups is 1. The molecule has 31 heavy (non-hydrogen) atoms. The van der Waals surface area contributed by atoms with E-state index in [4.69, 9.17) is 0 Å². The molecule has 1 unspecified atom stereocenters. The standard InChI is InChI=1S/C24H29BN3O2.Y/c1-19(16-20-8-4-3-5-9-20)24(29)18-28(27-25(2)30)17-21-11-13-22(14-12-21)23-10-6-7-15-26-23;/h4-15,19,24,27,29-30H,16-18H2,1-2H3;/q-1;/t19?,24-;/m0./s1. The molecule has 1 radical (unpaired) electrons. The van der Waals surface area contributed by atoms with E-state index in [1.54, 1.807) is 13.0 Å². The van der Waals surface area contributed by atoms with Gasteiger partial charge in [-0.25, -0.2) is 5.01 Å². The van der Waals surface area contributed by atoms with Crippen molar-refractivity contribution in [2.45, 2.75) is 32.8 Å². The molecule has 0 bridgehead atoms. The fourth-order valence-corrected chi connectivity index (χ4v) is 3.43. The molecule has 0 fully saturated rings. The monoisotopic (exact) mass is 491 g/mol. The van der Waals surface area contributed by atoms with Crippen molar-refractivity contribution in [1.29, 1.82) is 0 Å². The van der Waals surface area contributed by atoms with Gasteiger partial charge in [-0.05, 0) is 36.9 Å². The number of nitrogens with one attached hydrogen (secondary N) is 1. The molecule has 5 nitrogen and oxygen atoms in total. The predicted octanol–water partition coefficient (Wildman–Crippen LogP) is 3.20. The Morgan fingerprint density at radius 2 is 1.77 bits per heavy atom. The van der Waals surface area contributed by atoms with Crippen molar-refractivity contribution in [2.24, 2.45) is 5.92 Å². The molecule has 0 spiro atoms. The van der Waals surface area contributed by atoms with E-state index in [9.17, 15) is 10.1 Å². The molecule has 2 atom stereocenters. The van der Waals surface area contributed by atoms with Crippen LogP contribution < -0.4 is 5.34 Å². The van der Waals surface area contributed by atoms with E-state index in [0.29, 0.717) is 13.1 Å². The van der Waals surface area contributed by atoms with Crippen LogP contribution in [0.5, 0.6) is 0 Å². The second-order valence-electron chi connectivity index (χ2n) is 7.75. The van der Waals surface area contributed by atoms with Crippen LogP contribution in [0.2, 0.25) is 6.82 Å². The molecule has 0 amide bonds. The van der Waals surface area contributed by atoms with Crippen LogP contribution in [0.3, 0.4) is 0 Å². The maximum absolute atomic E-state index is 10.8. The number of nitrogens with zero attached hydrogens (tertiary/aromatic N) is 2. The summed E-state index contributed by atoms with van der Waals surface area (Å²) in [4.78, 5) is 4.38. The van der Waals surface area contributed by atoms with Crippen LogP contribution in [0.1, 0.15) is 18.1 Å². The summed E-state index contributed by atoms with van der Waals surface area (Å²) < 4.78 is 0. The fourth-order valence-electron chi connectivity index (χ4n) is 3.43. The van der Waals surface area contributed by atoms with Crippen LogP contribution in [0.25, 0.3) is 11.3 Å². The van der Waals surface area contributed by atoms with E-state index in [2.05, 4.69) is 28.5 Å². The van der Waals surface area contributed by atoms with Crippen LogP contribution >= 0.6 is 0 Å². The van der Waals surface area contributed by atoms with Crippen molar-refractivity contribution < 1.29 is 42.8 Å². The fraction of sp³-hybridized carbons (Fsp3) is 0.292. The first-order valence-electron chi connectivity index (χ1n) is 10.3. The number of aliphatic hydroxyl groups excluding tert-OH is 1. The van der Waals surface area contributed by atoms with Gasteiger partial charge in [-0.2, -0.15) is 35.9 Å². The molecule has 159 valence electrons. The van der Waals surface area contributed by atoms with Crippen LogP contribution in [-0.4, -0.2) is 39.8 Å². The van der Waals surface area contributed by atoms with Crippen molar-refractivity contribution in [3.05, 3.63) is 90.1 Å². The normalized spacial score (nSPS) is 12.8. The second kappa shape index (κ2) is 13.2. The summed E-state index contributed by atoms with van der Waals surface area (Å²) >= 11 is 0. The van der Waals surface area contributed by atoms with Crippen molar-refractivity contribution >= 4 is 7.05 Å². The maximum Gasteiger partial charge on any atom is 0.388 e. The van der Waals surface area contributed by atoms with Gasteiger partial charge in [0.1, 0.15) is 0 Å². The van der Waals surface area contributed by atoms with Crippen molar-refractivity contribution in [3.8, 4) is 11.3 Å². The Balaban J connectivity index is 0.00000341. The second-order valence-corrected chi connectivity index (χ2v) is 7.75. The number of pyridine rings is 1. The number of benzene rings is 2. The molecule has 3 rings (SSSR count). The number of aromatic nitrogens is 1.